The molecule has 2 unspecified atom stereocenters. The second-order valence-electron chi connectivity index (χ2n) is 3.46. The fourth-order valence-electron chi connectivity index (χ4n) is 1.34. The Balaban J connectivity index is 3.27. The van der Waals surface area contributed by atoms with Crippen LogP contribution in [0.4, 0.5) is 0 Å². The number of hydrogen-bond donors (Lipinski definition) is 2. The minimum atomic E-state index is -0.207. The maximum Gasteiger partial charge on any atom is 0.0541 e. The highest BCUT2D eigenvalue weighted by Crippen LogP contribution is 2.09. The van der Waals surface area contributed by atoms with E-state index in [0.29, 0.717) is 0 Å². The zero-order chi connectivity index (χ0) is 9.40. The van der Waals surface area contributed by atoms with Gasteiger partial charge in [0.05, 0.1) is 12.2 Å². The molecule has 0 amide bonds. The van der Waals surface area contributed by atoms with E-state index in [9.17, 15) is 10.2 Å². The molecule has 2 atom stereocenters. The second kappa shape index (κ2) is 7.56. The van der Waals surface area contributed by atoms with Gasteiger partial charge in [-0.1, -0.05) is 26.7 Å². The lowest BCUT2D eigenvalue weighted by atomic mass is 10.0. The van der Waals surface area contributed by atoms with Crippen LogP contribution in [0.15, 0.2) is 0 Å². The first-order valence-electron chi connectivity index (χ1n) is 5.06. The number of aliphatic hydroxyl groups excluding tert-OH is 2. The van der Waals surface area contributed by atoms with Crippen molar-refractivity contribution in [3.63, 3.8) is 0 Å². The molecule has 2 N–H and O–H groups in total. The Kier molecular flexibility index (Phi) is 7.51. The molecule has 0 aliphatic heterocycles. The van der Waals surface area contributed by atoms with Crippen molar-refractivity contribution in [2.75, 3.05) is 0 Å². The molecular formula is C10H22O2. The van der Waals surface area contributed by atoms with Crippen molar-refractivity contribution >= 4 is 0 Å². The first kappa shape index (κ1) is 11.9. The third-order valence-corrected chi connectivity index (χ3v) is 2.08. The minimum Gasteiger partial charge on any atom is -0.393 e. The van der Waals surface area contributed by atoms with Gasteiger partial charge in [0.15, 0.2) is 0 Å². The quantitative estimate of drug-likeness (QED) is 0.620. The fourth-order valence-corrected chi connectivity index (χ4v) is 1.34. The maximum absolute atomic E-state index is 9.36. The van der Waals surface area contributed by atoms with E-state index in [0.717, 1.165) is 38.5 Å². The zero-order valence-electron chi connectivity index (χ0n) is 8.29. The predicted octanol–water partition coefficient (Wildman–Crippen LogP) is 2.09. The summed E-state index contributed by atoms with van der Waals surface area (Å²) in [6.07, 6.45) is 4.83. The van der Waals surface area contributed by atoms with E-state index in [1.807, 2.05) is 0 Å². The molecule has 0 aromatic heterocycles. The van der Waals surface area contributed by atoms with Crippen LogP contribution >= 0.6 is 0 Å². The fraction of sp³-hybridized carbons (Fsp3) is 1.00. The summed E-state index contributed by atoms with van der Waals surface area (Å²) < 4.78 is 0. The van der Waals surface area contributed by atoms with E-state index >= 15 is 0 Å². The number of hydrogen-bond acceptors (Lipinski definition) is 2. The first-order valence-corrected chi connectivity index (χ1v) is 5.06. The van der Waals surface area contributed by atoms with Gasteiger partial charge >= 0.3 is 0 Å². The van der Waals surface area contributed by atoms with Crippen molar-refractivity contribution in [2.24, 2.45) is 0 Å². The molecule has 0 spiro atoms. The number of rotatable bonds is 7. The van der Waals surface area contributed by atoms with Crippen molar-refractivity contribution in [1.82, 2.24) is 0 Å². The van der Waals surface area contributed by atoms with Gasteiger partial charge in [0, 0.05) is 0 Å². The maximum atomic E-state index is 9.36. The Hall–Kier alpha value is -0.0800. The Labute approximate surface area is 75.6 Å². The minimum absolute atomic E-state index is 0.207. The third kappa shape index (κ3) is 6.62. The van der Waals surface area contributed by atoms with Gasteiger partial charge in [0.1, 0.15) is 0 Å². The predicted molar refractivity (Wildman–Crippen MR) is 51.1 cm³/mol. The molecule has 0 aromatic rings. The number of aliphatic hydroxyl groups is 2. The molecule has 74 valence electrons. The molecule has 0 fully saturated rings. The standard InChI is InChI=1S/C10H22O2/c1-3-5-9(11)7-8-10(12)6-4-2/h9-12H,3-8H2,1-2H3. The van der Waals surface area contributed by atoms with Crippen LogP contribution in [0.1, 0.15) is 52.4 Å². The van der Waals surface area contributed by atoms with Crippen molar-refractivity contribution < 1.29 is 10.2 Å². The van der Waals surface area contributed by atoms with Gasteiger partial charge in [0.2, 0.25) is 0 Å². The van der Waals surface area contributed by atoms with Gasteiger partial charge in [-0.25, -0.2) is 0 Å². The van der Waals surface area contributed by atoms with Crippen molar-refractivity contribution in [2.45, 2.75) is 64.6 Å². The molecule has 0 saturated carbocycles. The van der Waals surface area contributed by atoms with Gasteiger partial charge in [-0.15, -0.1) is 0 Å². The van der Waals surface area contributed by atoms with Crippen molar-refractivity contribution in [3.8, 4) is 0 Å². The molecule has 2 heteroatoms. The van der Waals surface area contributed by atoms with E-state index in [1.54, 1.807) is 0 Å². The summed E-state index contributed by atoms with van der Waals surface area (Å²) in [6, 6.07) is 0. The molecule has 12 heavy (non-hydrogen) atoms. The summed E-state index contributed by atoms with van der Waals surface area (Å²) in [5, 5.41) is 18.7. The SMILES string of the molecule is CCCC(O)CCC(O)CCC. The first-order chi connectivity index (χ1) is 5.70. The Morgan fingerprint density at radius 3 is 1.33 bits per heavy atom. The van der Waals surface area contributed by atoms with Crippen LogP contribution in [0.25, 0.3) is 0 Å². The van der Waals surface area contributed by atoms with Gasteiger partial charge < -0.3 is 10.2 Å². The summed E-state index contributed by atoms with van der Waals surface area (Å²) >= 11 is 0. The van der Waals surface area contributed by atoms with Crippen molar-refractivity contribution in [3.05, 3.63) is 0 Å². The van der Waals surface area contributed by atoms with Crippen LogP contribution < -0.4 is 0 Å². The third-order valence-electron chi connectivity index (χ3n) is 2.08. The molecule has 2 nitrogen and oxygen atoms in total. The summed E-state index contributed by atoms with van der Waals surface area (Å²) in [4.78, 5) is 0. The van der Waals surface area contributed by atoms with Crippen LogP contribution in [0, 0.1) is 0 Å². The largest absolute Gasteiger partial charge is 0.393 e. The highest BCUT2D eigenvalue weighted by Gasteiger charge is 2.07. The summed E-state index contributed by atoms with van der Waals surface area (Å²) in [5.41, 5.74) is 0. The Morgan fingerprint density at radius 2 is 1.08 bits per heavy atom. The Morgan fingerprint density at radius 1 is 0.750 bits per heavy atom. The molecule has 0 saturated heterocycles. The van der Waals surface area contributed by atoms with Gasteiger partial charge in [-0.2, -0.15) is 0 Å². The van der Waals surface area contributed by atoms with E-state index in [-0.39, 0.29) is 12.2 Å². The summed E-state index contributed by atoms with van der Waals surface area (Å²) in [5.74, 6) is 0. The van der Waals surface area contributed by atoms with Gasteiger partial charge in [-0.3, -0.25) is 0 Å². The zero-order valence-corrected chi connectivity index (χ0v) is 8.29. The monoisotopic (exact) mass is 174 g/mol. The summed E-state index contributed by atoms with van der Waals surface area (Å²) in [6.45, 7) is 4.12. The normalized spacial score (nSPS) is 16.0. The van der Waals surface area contributed by atoms with E-state index < -0.39 is 0 Å². The lowest BCUT2D eigenvalue weighted by Crippen LogP contribution is -2.12. The lowest BCUT2D eigenvalue weighted by molar-refractivity contribution is 0.103. The second-order valence-corrected chi connectivity index (χ2v) is 3.46. The van der Waals surface area contributed by atoms with Crippen molar-refractivity contribution in [1.29, 1.82) is 0 Å². The topological polar surface area (TPSA) is 40.5 Å². The van der Waals surface area contributed by atoms with Gasteiger partial charge in [-0.05, 0) is 25.7 Å². The average Bonchev–Trinajstić information content (AvgIpc) is 2.02. The van der Waals surface area contributed by atoms with Gasteiger partial charge in [0.25, 0.3) is 0 Å². The Bertz CT molecular complexity index is 81.8. The molecule has 0 rings (SSSR count). The molecule has 0 radical (unpaired) electrons. The molecule has 0 aliphatic carbocycles. The van der Waals surface area contributed by atoms with E-state index in [1.165, 1.54) is 0 Å². The van der Waals surface area contributed by atoms with E-state index in [2.05, 4.69) is 13.8 Å². The van der Waals surface area contributed by atoms with E-state index in [4.69, 9.17) is 0 Å². The molecule has 0 bridgehead atoms. The van der Waals surface area contributed by atoms with Crippen LogP contribution in [-0.4, -0.2) is 22.4 Å². The molecule has 0 heterocycles. The summed E-state index contributed by atoms with van der Waals surface area (Å²) in [7, 11) is 0. The lowest BCUT2D eigenvalue weighted by Gasteiger charge is -2.12. The van der Waals surface area contributed by atoms with Crippen LogP contribution in [0.5, 0.6) is 0 Å². The van der Waals surface area contributed by atoms with Crippen LogP contribution in [0.2, 0.25) is 0 Å². The molecule has 0 aliphatic rings. The highest BCUT2D eigenvalue weighted by molar-refractivity contribution is 4.60. The smallest absolute Gasteiger partial charge is 0.0541 e. The highest BCUT2D eigenvalue weighted by atomic mass is 16.3. The van der Waals surface area contributed by atoms with Crippen LogP contribution in [0.3, 0.4) is 0 Å². The van der Waals surface area contributed by atoms with Crippen LogP contribution in [-0.2, 0) is 0 Å². The molecule has 0 aromatic carbocycles. The molecular weight excluding hydrogens is 152 g/mol. The average molecular weight is 174 g/mol.